The molecule has 8 nitrogen and oxygen atoms in total. The molecule has 23 heavy (non-hydrogen) atoms. The molecular formula is C14H18N6O2S. The quantitative estimate of drug-likeness (QED) is 0.560. The lowest BCUT2D eigenvalue weighted by atomic mass is 10.2. The van der Waals surface area contributed by atoms with Crippen LogP contribution in [0.2, 0.25) is 0 Å². The Kier molecular flexibility index (Phi) is 4.12. The summed E-state index contributed by atoms with van der Waals surface area (Å²) in [6.45, 7) is 7.84. The Morgan fingerprint density at radius 2 is 2.04 bits per heavy atom. The van der Waals surface area contributed by atoms with Gasteiger partial charge in [-0.2, -0.15) is 4.98 Å². The number of hydrogen-bond acceptors (Lipinski definition) is 8. The van der Waals surface area contributed by atoms with E-state index in [0.717, 1.165) is 11.3 Å². The summed E-state index contributed by atoms with van der Waals surface area (Å²) < 4.78 is 12.0. The molecule has 1 atom stereocenters. The second-order valence-corrected chi connectivity index (χ2v) is 6.78. The first-order valence-electron chi connectivity index (χ1n) is 7.22. The zero-order valence-electron chi connectivity index (χ0n) is 13.3. The van der Waals surface area contributed by atoms with E-state index in [1.807, 2.05) is 33.8 Å². The molecule has 3 heterocycles. The van der Waals surface area contributed by atoms with Crippen molar-refractivity contribution in [3.63, 3.8) is 0 Å². The van der Waals surface area contributed by atoms with Crippen molar-refractivity contribution in [3.05, 3.63) is 29.8 Å². The number of furan rings is 1. The zero-order chi connectivity index (χ0) is 16.6. The summed E-state index contributed by atoms with van der Waals surface area (Å²) >= 11 is 1.41. The third kappa shape index (κ3) is 2.96. The summed E-state index contributed by atoms with van der Waals surface area (Å²) in [5.41, 5.74) is 0.819. The van der Waals surface area contributed by atoms with Crippen molar-refractivity contribution in [2.75, 3.05) is 5.84 Å². The smallest absolute Gasteiger partial charge is 0.239 e. The SMILES string of the molecule is Cc1occc1-c1nnc(SC(C)c2nc(C(C)C)no2)n1N. The average Bonchev–Trinajstić information content (AvgIpc) is 3.21. The van der Waals surface area contributed by atoms with Gasteiger partial charge in [-0.15, -0.1) is 10.2 Å². The standard InChI is InChI=1S/C14H18N6O2S/c1-7(2)11-16-13(22-19-11)9(4)23-14-18-17-12(20(14)15)10-5-6-21-8(10)3/h5-7,9H,15H2,1-4H3. The molecule has 0 spiro atoms. The van der Waals surface area contributed by atoms with E-state index in [2.05, 4.69) is 20.3 Å². The first-order valence-corrected chi connectivity index (χ1v) is 8.10. The van der Waals surface area contributed by atoms with Crippen LogP contribution in [0.3, 0.4) is 0 Å². The number of nitrogen functional groups attached to an aromatic ring is 1. The molecule has 1 unspecified atom stereocenters. The van der Waals surface area contributed by atoms with Gasteiger partial charge >= 0.3 is 0 Å². The third-order valence-electron chi connectivity index (χ3n) is 3.37. The second-order valence-electron chi connectivity index (χ2n) is 5.47. The van der Waals surface area contributed by atoms with Gasteiger partial charge in [-0.05, 0) is 19.9 Å². The monoisotopic (exact) mass is 334 g/mol. The number of hydrogen-bond donors (Lipinski definition) is 1. The molecule has 122 valence electrons. The van der Waals surface area contributed by atoms with Crippen molar-refractivity contribution in [1.82, 2.24) is 25.0 Å². The minimum atomic E-state index is -0.0835. The van der Waals surface area contributed by atoms with Crippen molar-refractivity contribution in [3.8, 4) is 11.4 Å². The number of nitrogens with two attached hydrogens (primary N) is 1. The van der Waals surface area contributed by atoms with E-state index in [-0.39, 0.29) is 11.2 Å². The van der Waals surface area contributed by atoms with Crippen LogP contribution in [0.4, 0.5) is 0 Å². The van der Waals surface area contributed by atoms with Crippen LogP contribution in [-0.2, 0) is 0 Å². The van der Waals surface area contributed by atoms with Gasteiger partial charge in [-0.25, -0.2) is 4.68 Å². The Balaban J connectivity index is 1.80. The Bertz CT molecular complexity index is 806. The van der Waals surface area contributed by atoms with Crippen molar-refractivity contribution in [2.45, 2.75) is 44.0 Å². The van der Waals surface area contributed by atoms with E-state index in [4.69, 9.17) is 14.8 Å². The molecule has 3 rings (SSSR count). The van der Waals surface area contributed by atoms with Gasteiger partial charge in [0.2, 0.25) is 11.0 Å². The topological polar surface area (TPSA) is 109 Å². The summed E-state index contributed by atoms with van der Waals surface area (Å²) in [7, 11) is 0. The van der Waals surface area contributed by atoms with Gasteiger partial charge in [-0.1, -0.05) is 30.8 Å². The molecule has 0 aliphatic carbocycles. The van der Waals surface area contributed by atoms with E-state index in [1.54, 1.807) is 6.26 Å². The highest BCUT2D eigenvalue weighted by atomic mass is 32.2. The predicted molar refractivity (Wildman–Crippen MR) is 85.3 cm³/mol. The van der Waals surface area contributed by atoms with E-state index in [0.29, 0.717) is 22.7 Å². The second kappa shape index (κ2) is 6.07. The third-order valence-corrected chi connectivity index (χ3v) is 4.41. The van der Waals surface area contributed by atoms with Crippen LogP contribution in [0.15, 0.2) is 26.4 Å². The highest BCUT2D eigenvalue weighted by molar-refractivity contribution is 7.99. The molecule has 0 aliphatic heterocycles. The molecule has 9 heteroatoms. The Morgan fingerprint density at radius 1 is 1.26 bits per heavy atom. The summed E-state index contributed by atoms with van der Waals surface area (Å²) in [6, 6.07) is 1.81. The minimum absolute atomic E-state index is 0.0835. The first kappa shape index (κ1) is 15.6. The van der Waals surface area contributed by atoms with E-state index in [1.165, 1.54) is 16.4 Å². The fraction of sp³-hybridized carbons (Fsp3) is 0.429. The number of rotatable bonds is 5. The maximum atomic E-state index is 6.11. The van der Waals surface area contributed by atoms with Crippen LogP contribution in [0.25, 0.3) is 11.4 Å². The summed E-state index contributed by atoms with van der Waals surface area (Å²) in [5.74, 6) is 8.86. The normalized spacial score (nSPS) is 12.9. The number of aryl methyl sites for hydroxylation is 1. The average molecular weight is 334 g/mol. The largest absolute Gasteiger partial charge is 0.469 e. The maximum absolute atomic E-state index is 6.11. The van der Waals surface area contributed by atoms with Crippen molar-refractivity contribution < 1.29 is 8.94 Å². The molecule has 3 aromatic rings. The fourth-order valence-electron chi connectivity index (χ4n) is 2.01. The number of aromatic nitrogens is 5. The Morgan fingerprint density at radius 3 is 2.65 bits per heavy atom. The summed E-state index contributed by atoms with van der Waals surface area (Å²) in [5, 5.41) is 12.7. The Hall–Kier alpha value is -2.29. The van der Waals surface area contributed by atoms with Crippen LogP contribution in [-0.4, -0.2) is 25.0 Å². The summed E-state index contributed by atoms with van der Waals surface area (Å²) in [4.78, 5) is 4.39. The van der Waals surface area contributed by atoms with E-state index >= 15 is 0 Å². The highest BCUT2D eigenvalue weighted by Crippen LogP contribution is 2.34. The molecular weight excluding hydrogens is 316 g/mol. The Labute approximate surface area is 137 Å². The highest BCUT2D eigenvalue weighted by Gasteiger charge is 2.22. The van der Waals surface area contributed by atoms with Crippen molar-refractivity contribution in [2.24, 2.45) is 0 Å². The van der Waals surface area contributed by atoms with Crippen LogP contribution < -0.4 is 5.84 Å². The molecule has 0 saturated carbocycles. The van der Waals surface area contributed by atoms with Gasteiger partial charge in [0.05, 0.1) is 17.1 Å². The molecule has 3 aromatic heterocycles. The predicted octanol–water partition coefficient (Wildman–Crippen LogP) is 2.92. The molecule has 0 aromatic carbocycles. The molecule has 0 amide bonds. The van der Waals surface area contributed by atoms with Gasteiger partial charge < -0.3 is 14.8 Å². The summed E-state index contributed by atoms with van der Waals surface area (Å²) in [6.07, 6.45) is 1.60. The van der Waals surface area contributed by atoms with Crippen LogP contribution in [0.5, 0.6) is 0 Å². The molecule has 0 aliphatic rings. The van der Waals surface area contributed by atoms with Crippen LogP contribution >= 0.6 is 11.8 Å². The minimum Gasteiger partial charge on any atom is -0.469 e. The van der Waals surface area contributed by atoms with Crippen LogP contribution in [0, 0.1) is 6.92 Å². The van der Waals surface area contributed by atoms with E-state index < -0.39 is 0 Å². The van der Waals surface area contributed by atoms with Crippen LogP contribution in [0.1, 0.15) is 49.4 Å². The van der Waals surface area contributed by atoms with Gasteiger partial charge in [0, 0.05) is 5.92 Å². The van der Waals surface area contributed by atoms with Gasteiger partial charge in [0.25, 0.3) is 0 Å². The fourth-order valence-corrected chi connectivity index (χ4v) is 2.81. The molecule has 0 saturated heterocycles. The van der Waals surface area contributed by atoms with Crippen molar-refractivity contribution in [1.29, 1.82) is 0 Å². The lowest BCUT2D eigenvalue weighted by molar-refractivity contribution is 0.373. The number of nitrogens with zero attached hydrogens (tertiary/aromatic N) is 5. The first-order chi connectivity index (χ1) is 11.0. The molecule has 0 fully saturated rings. The molecule has 0 bridgehead atoms. The zero-order valence-corrected chi connectivity index (χ0v) is 14.2. The van der Waals surface area contributed by atoms with Crippen molar-refractivity contribution >= 4 is 11.8 Å². The van der Waals surface area contributed by atoms with Gasteiger partial charge in [-0.3, -0.25) is 0 Å². The van der Waals surface area contributed by atoms with Gasteiger partial charge in [0.15, 0.2) is 11.6 Å². The molecule has 0 radical (unpaired) electrons. The van der Waals surface area contributed by atoms with Gasteiger partial charge in [0.1, 0.15) is 5.76 Å². The molecule has 2 N–H and O–H groups in total. The number of thioether (sulfide) groups is 1. The lowest BCUT2D eigenvalue weighted by Crippen LogP contribution is -2.12. The van der Waals surface area contributed by atoms with E-state index in [9.17, 15) is 0 Å². The lowest BCUT2D eigenvalue weighted by Gasteiger charge is -2.06. The maximum Gasteiger partial charge on any atom is 0.239 e.